The van der Waals surface area contributed by atoms with Gasteiger partial charge < -0.3 is 9.88 Å². The highest BCUT2D eigenvalue weighted by Crippen LogP contribution is 2.38. The molecule has 0 saturated heterocycles. The predicted molar refractivity (Wildman–Crippen MR) is 88.7 cm³/mol. The topological polar surface area (TPSA) is 76.9 Å². The number of ketones is 1. The molecular formula is C16H18N4O2S. The first-order chi connectivity index (χ1) is 11.0. The molecule has 0 unspecified atom stereocenters. The summed E-state index contributed by atoms with van der Waals surface area (Å²) in [6, 6.07) is 7.43. The van der Waals surface area contributed by atoms with Crippen LogP contribution in [0.15, 0.2) is 35.7 Å². The lowest BCUT2D eigenvalue weighted by molar-refractivity contribution is -0.115. The number of thioether (sulfide) groups is 1. The molecule has 1 aliphatic rings. The van der Waals surface area contributed by atoms with Crippen molar-refractivity contribution in [3.05, 3.63) is 36.2 Å². The second-order valence-corrected chi connectivity index (χ2v) is 6.95. The summed E-state index contributed by atoms with van der Waals surface area (Å²) in [4.78, 5) is 23.7. The highest BCUT2D eigenvalue weighted by atomic mass is 32.2. The number of aromatic nitrogens is 3. The first-order valence-corrected chi connectivity index (χ1v) is 8.40. The predicted octanol–water partition coefficient (Wildman–Crippen LogP) is 2.93. The van der Waals surface area contributed by atoms with Crippen molar-refractivity contribution in [2.75, 3.05) is 5.32 Å². The molecule has 1 saturated carbocycles. The minimum absolute atomic E-state index is 0.0268. The van der Waals surface area contributed by atoms with Crippen LogP contribution < -0.4 is 5.32 Å². The zero-order valence-corrected chi connectivity index (χ0v) is 13.8. The summed E-state index contributed by atoms with van der Waals surface area (Å²) in [5, 5.41) is 11.3. The molecule has 6 nitrogen and oxygen atoms in total. The number of carbonyl (C=O) groups excluding carboxylic acids is 2. The third-order valence-corrected chi connectivity index (χ3v) is 4.74. The van der Waals surface area contributed by atoms with Gasteiger partial charge in [0.1, 0.15) is 6.33 Å². The maximum atomic E-state index is 12.3. The molecule has 120 valence electrons. The van der Waals surface area contributed by atoms with Crippen LogP contribution in [-0.2, 0) is 4.79 Å². The van der Waals surface area contributed by atoms with E-state index in [4.69, 9.17) is 0 Å². The normalized spacial score (nSPS) is 15.2. The van der Waals surface area contributed by atoms with Gasteiger partial charge in [0, 0.05) is 17.3 Å². The van der Waals surface area contributed by atoms with Crippen LogP contribution in [0.25, 0.3) is 0 Å². The van der Waals surface area contributed by atoms with E-state index in [1.54, 1.807) is 30.6 Å². The first kappa shape index (κ1) is 15.7. The summed E-state index contributed by atoms with van der Waals surface area (Å²) in [5.41, 5.74) is 1.20. The van der Waals surface area contributed by atoms with Crippen molar-refractivity contribution >= 4 is 29.1 Å². The zero-order chi connectivity index (χ0) is 16.4. The Hall–Kier alpha value is -2.15. The van der Waals surface area contributed by atoms with Crippen molar-refractivity contribution in [2.24, 2.45) is 0 Å². The molecule has 1 amide bonds. The Labute approximate surface area is 138 Å². The second kappa shape index (κ2) is 6.54. The van der Waals surface area contributed by atoms with Crippen molar-refractivity contribution in [2.45, 2.75) is 43.1 Å². The SMILES string of the molecule is CC(=O)c1cccc(NC(=O)[C@H](C)Sc2nncn2C2CC2)c1. The molecule has 2 aromatic rings. The highest BCUT2D eigenvalue weighted by molar-refractivity contribution is 8.00. The Bertz CT molecular complexity index is 739. The summed E-state index contributed by atoms with van der Waals surface area (Å²) in [6.45, 7) is 3.34. The summed E-state index contributed by atoms with van der Waals surface area (Å²) < 4.78 is 2.03. The largest absolute Gasteiger partial charge is 0.325 e. The number of carbonyl (C=O) groups is 2. The standard InChI is InChI=1S/C16H18N4O2S/c1-10(21)12-4-3-5-13(8-12)18-15(22)11(2)23-16-19-17-9-20(16)14-6-7-14/h3-5,8-9,11,14H,6-7H2,1-2H3,(H,18,22)/t11-/m0/s1. The Kier molecular flexibility index (Phi) is 4.47. The van der Waals surface area contributed by atoms with Crippen LogP contribution in [0.5, 0.6) is 0 Å². The number of Topliss-reactive ketones (excluding diaryl/α,β-unsaturated/α-hetero) is 1. The van der Waals surface area contributed by atoms with Crippen LogP contribution in [-0.4, -0.2) is 31.7 Å². The Morgan fingerprint density at radius 2 is 2.17 bits per heavy atom. The molecule has 1 heterocycles. The van der Waals surface area contributed by atoms with Gasteiger partial charge in [-0.25, -0.2) is 0 Å². The Morgan fingerprint density at radius 1 is 1.39 bits per heavy atom. The van der Waals surface area contributed by atoms with Crippen LogP contribution in [0.2, 0.25) is 0 Å². The number of hydrogen-bond donors (Lipinski definition) is 1. The molecule has 1 fully saturated rings. The third-order valence-electron chi connectivity index (χ3n) is 3.67. The summed E-state index contributed by atoms with van der Waals surface area (Å²) in [6.07, 6.45) is 4.01. The quantitative estimate of drug-likeness (QED) is 0.651. The maximum absolute atomic E-state index is 12.3. The van der Waals surface area contributed by atoms with E-state index in [0.717, 1.165) is 18.0 Å². The monoisotopic (exact) mass is 330 g/mol. The molecule has 0 bridgehead atoms. The van der Waals surface area contributed by atoms with Crippen LogP contribution in [0.3, 0.4) is 0 Å². The molecule has 23 heavy (non-hydrogen) atoms. The van der Waals surface area contributed by atoms with Crippen LogP contribution in [0.4, 0.5) is 5.69 Å². The number of anilines is 1. The lowest BCUT2D eigenvalue weighted by atomic mass is 10.1. The van der Waals surface area contributed by atoms with E-state index in [-0.39, 0.29) is 16.9 Å². The van der Waals surface area contributed by atoms with E-state index in [2.05, 4.69) is 15.5 Å². The fourth-order valence-electron chi connectivity index (χ4n) is 2.19. The van der Waals surface area contributed by atoms with Gasteiger partial charge in [-0.2, -0.15) is 0 Å². The zero-order valence-electron chi connectivity index (χ0n) is 13.0. The Morgan fingerprint density at radius 3 is 2.87 bits per heavy atom. The van der Waals surface area contributed by atoms with Crippen LogP contribution in [0, 0.1) is 0 Å². The summed E-state index contributed by atoms with van der Waals surface area (Å²) in [7, 11) is 0. The van der Waals surface area contributed by atoms with Gasteiger partial charge in [-0.1, -0.05) is 23.9 Å². The Balaban J connectivity index is 1.64. The molecule has 1 aliphatic carbocycles. The van der Waals surface area contributed by atoms with Gasteiger partial charge >= 0.3 is 0 Å². The van der Waals surface area contributed by atoms with E-state index >= 15 is 0 Å². The fraction of sp³-hybridized carbons (Fsp3) is 0.375. The minimum Gasteiger partial charge on any atom is -0.325 e. The molecule has 1 N–H and O–H groups in total. The first-order valence-electron chi connectivity index (χ1n) is 7.52. The average Bonchev–Trinajstić information content (AvgIpc) is 3.27. The minimum atomic E-state index is -0.308. The number of nitrogens with zero attached hydrogens (tertiary/aromatic N) is 3. The maximum Gasteiger partial charge on any atom is 0.237 e. The highest BCUT2D eigenvalue weighted by Gasteiger charge is 2.28. The smallest absolute Gasteiger partial charge is 0.237 e. The molecule has 7 heteroatoms. The summed E-state index contributed by atoms with van der Waals surface area (Å²) >= 11 is 1.39. The number of hydrogen-bond acceptors (Lipinski definition) is 5. The van der Waals surface area contributed by atoms with Gasteiger partial charge in [-0.05, 0) is 38.8 Å². The van der Waals surface area contributed by atoms with Crippen molar-refractivity contribution in [1.82, 2.24) is 14.8 Å². The van der Waals surface area contributed by atoms with E-state index in [1.165, 1.54) is 18.7 Å². The number of amides is 1. The van der Waals surface area contributed by atoms with Crippen molar-refractivity contribution in [3.8, 4) is 0 Å². The molecule has 1 atom stereocenters. The number of rotatable bonds is 6. The van der Waals surface area contributed by atoms with Gasteiger partial charge in [0.15, 0.2) is 10.9 Å². The molecule has 0 aliphatic heterocycles. The van der Waals surface area contributed by atoms with Gasteiger partial charge in [0.25, 0.3) is 0 Å². The number of benzene rings is 1. The van der Waals surface area contributed by atoms with Crippen LogP contribution in [0.1, 0.15) is 43.1 Å². The van der Waals surface area contributed by atoms with E-state index in [9.17, 15) is 9.59 Å². The van der Waals surface area contributed by atoms with E-state index in [0.29, 0.717) is 17.3 Å². The third kappa shape index (κ3) is 3.79. The van der Waals surface area contributed by atoms with Gasteiger partial charge in [-0.15, -0.1) is 10.2 Å². The fourth-order valence-corrected chi connectivity index (χ4v) is 3.09. The van der Waals surface area contributed by atoms with E-state index < -0.39 is 0 Å². The average molecular weight is 330 g/mol. The lowest BCUT2D eigenvalue weighted by Gasteiger charge is -2.12. The molecule has 0 spiro atoms. The van der Waals surface area contributed by atoms with E-state index in [1.807, 2.05) is 11.5 Å². The molecule has 1 aromatic heterocycles. The molecule has 1 aromatic carbocycles. The van der Waals surface area contributed by atoms with Crippen LogP contribution >= 0.6 is 11.8 Å². The van der Waals surface area contributed by atoms with Gasteiger partial charge in [0.05, 0.1) is 5.25 Å². The number of nitrogens with one attached hydrogen (secondary N) is 1. The molecular weight excluding hydrogens is 312 g/mol. The van der Waals surface area contributed by atoms with Crippen molar-refractivity contribution in [1.29, 1.82) is 0 Å². The van der Waals surface area contributed by atoms with Crippen molar-refractivity contribution in [3.63, 3.8) is 0 Å². The molecule has 3 rings (SSSR count). The second-order valence-electron chi connectivity index (χ2n) is 5.64. The van der Waals surface area contributed by atoms with Gasteiger partial charge in [0.2, 0.25) is 5.91 Å². The van der Waals surface area contributed by atoms with Crippen molar-refractivity contribution < 1.29 is 9.59 Å². The molecule has 0 radical (unpaired) electrons. The summed E-state index contributed by atoms with van der Waals surface area (Å²) in [5.74, 6) is -0.151. The van der Waals surface area contributed by atoms with Gasteiger partial charge in [-0.3, -0.25) is 9.59 Å². The lowest BCUT2D eigenvalue weighted by Crippen LogP contribution is -2.23.